The molecule has 0 spiro atoms. The topological polar surface area (TPSA) is 92.8 Å². The quantitative estimate of drug-likeness (QED) is 0.710. The predicted octanol–water partition coefficient (Wildman–Crippen LogP) is 2.33. The molecule has 0 saturated heterocycles. The SMILES string of the molecule is Cc1ccc(S(=O)(=O)N(C)CC(=O)OC(C)C(=O)Nc2cccc(F)c2)cc1. The molecule has 0 fully saturated rings. The first-order valence-electron chi connectivity index (χ1n) is 8.38. The maximum absolute atomic E-state index is 13.1. The van der Waals surface area contributed by atoms with E-state index in [-0.39, 0.29) is 10.6 Å². The fourth-order valence-electron chi connectivity index (χ4n) is 2.26. The van der Waals surface area contributed by atoms with Crippen molar-refractivity contribution in [1.82, 2.24) is 4.31 Å². The number of carbonyl (C=O) groups is 2. The molecule has 9 heteroatoms. The molecule has 1 unspecified atom stereocenters. The number of sulfonamides is 1. The number of amides is 1. The molecule has 2 rings (SSSR count). The van der Waals surface area contributed by atoms with Crippen molar-refractivity contribution in [2.75, 3.05) is 18.9 Å². The fourth-order valence-corrected chi connectivity index (χ4v) is 3.37. The fraction of sp³-hybridized carbons (Fsp3) is 0.263. The van der Waals surface area contributed by atoms with Gasteiger partial charge in [-0.2, -0.15) is 4.31 Å². The highest BCUT2D eigenvalue weighted by Crippen LogP contribution is 2.15. The third-order valence-corrected chi connectivity index (χ3v) is 5.67. The van der Waals surface area contributed by atoms with Crippen molar-refractivity contribution in [3.05, 3.63) is 59.9 Å². The molecule has 28 heavy (non-hydrogen) atoms. The van der Waals surface area contributed by atoms with Crippen LogP contribution in [0.2, 0.25) is 0 Å². The largest absolute Gasteiger partial charge is 0.452 e. The van der Waals surface area contributed by atoms with Crippen LogP contribution in [0, 0.1) is 12.7 Å². The minimum Gasteiger partial charge on any atom is -0.452 e. The standard InChI is InChI=1S/C19H21FN2O5S/c1-13-7-9-17(10-8-13)28(25,26)22(3)12-18(23)27-14(2)19(24)21-16-6-4-5-15(20)11-16/h4-11,14H,12H2,1-3H3,(H,21,24). The lowest BCUT2D eigenvalue weighted by Gasteiger charge is -2.18. The molecule has 0 heterocycles. The van der Waals surface area contributed by atoms with Crippen LogP contribution >= 0.6 is 0 Å². The minimum absolute atomic E-state index is 0.0466. The average molecular weight is 408 g/mol. The average Bonchev–Trinajstić information content (AvgIpc) is 2.61. The number of nitrogens with zero attached hydrogens (tertiary/aromatic N) is 1. The minimum atomic E-state index is -3.87. The molecule has 0 aliphatic heterocycles. The number of likely N-dealkylation sites (N-methyl/N-ethyl adjacent to an activating group) is 1. The second-order valence-electron chi connectivity index (χ2n) is 6.21. The van der Waals surface area contributed by atoms with Crippen LogP contribution in [-0.4, -0.2) is 44.3 Å². The molecular formula is C19H21FN2O5S. The second kappa shape index (κ2) is 8.94. The van der Waals surface area contributed by atoms with Gasteiger partial charge in [0, 0.05) is 12.7 Å². The Labute approximate surface area is 163 Å². The molecule has 0 bridgehead atoms. The van der Waals surface area contributed by atoms with Crippen LogP contribution < -0.4 is 5.32 Å². The number of halogens is 1. The first-order valence-corrected chi connectivity index (χ1v) is 9.82. The van der Waals surface area contributed by atoms with Crippen molar-refractivity contribution in [2.24, 2.45) is 0 Å². The number of hydrogen-bond acceptors (Lipinski definition) is 5. The Hall–Kier alpha value is -2.78. The summed E-state index contributed by atoms with van der Waals surface area (Å²) in [5, 5.41) is 2.41. The van der Waals surface area contributed by atoms with Gasteiger partial charge in [-0.05, 0) is 44.2 Å². The van der Waals surface area contributed by atoms with E-state index in [9.17, 15) is 22.4 Å². The van der Waals surface area contributed by atoms with Crippen LogP contribution in [0.15, 0.2) is 53.4 Å². The monoisotopic (exact) mass is 408 g/mol. The summed E-state index contributed by atoms with van der Waals surface area (Å²) in [7, 11) is -2.63. The molecule has 0 radical (unpaired) electrons. The van der Waals surface area contributed by atoms with Crippen LogP contribution in [0.25, 0.3) is 0 Å². The maximum Gasteiger partial charge on any atom is 0.322 e. The molecule has 0 aromatic heterocycles. The summed E-state index contributed by atoms with van der Waals surface area (Å²) < 4.78 is 43.9. The Morgan fingerprint density at radius 1 is 1.18 bits per heavy atom. The molecule has 1 atom stereocenters. The van der Waals surface area contributed by atoms with Gasteiger partial charge in [-0.1, -0.05) is 23.8 Å². The van der Waals surface area contributed by atoms with Crippen molar-refractivity contribution < 1.29 is 27.1 Å². The molecular weight excluding hydrogens is 387 g/mol. The number of aryl methyl sites for hydroxylation is 1. The van der Waals surface area contributed by atoms with Crippen molar-refractivity contribution in [2.45, 2.75) is 24.8 Å². The van der Waals surface area contributed by atoms with Crippen molar-refractivity contribution in [3.63, 3.8) is 0 Å². The van der Waals surface area contributed by atoms with Gasteiger partial charge in [0.15, 0.2) is 6.10 Å². The van der Waals surface area contributed by atoms with E-state index >= 15 is 0 Å². The van der Waals surface area contributed by atoms with E-state index in [0.717, 1.165) is 15.9 Å². The number of nitrogens with one attached hydrogen (secondary N) is 1. The number of benzene rings is 2. The number of hydrogen-bond donors (Lipinski definition) is 1. The summed E-state index contributed by atoms with van der Waals surface area (Å²) in [6.07, 6.45) is -1.19. The first-order chi connectivity index (χ1) is 13.1. The normalized spacial score (nSPS) is 12.5. The Morgan fingerprint density at radius 2 is 1.82 bits per heavy atom. The van der Waals surface area contributed by atoms with Gasteiger partial charge in [-0.15, -0.1) is 0 Å². The number of rotatable bonds is 7. The van der Waals surface area contributed by atoms with Gasteiger partial charge in [0.25, 0.3) is 5.91 Å². The molecule has 1 amide bonds. The summed E-state index contributed by atoms with van der Waals surface area (Å²) in [6, 6.07) is 11.4. The van der Waals surface area contributed by atoms with E-state index in [1.807, 2.05) is 6.92 Å². The number of esters is 1. The van der Waals surface area contributed by atoms with Crippen molar-refractivity contribution in [1.29, 1.82) is 0 Å². The maximum atomic E-state index is 13.1. The van der Waals surface area contributed by atoms with Gasteiger partial charge in [0.05, 0.1) is 4.90 Å². The van der Waals surface area contributed by atoms with Gasteiger partial charge < -0.3 is 10.1 Å². The van der Waals surface area contributed by atoms with Crippen molar-refractivity contribution in [3.8, 4) is 0 Å². The Morgan fingerprint density at radius 3 is 2.43 bits per heavy atom. The van der Waals surface area contributed by atoms with Crippen LogP contribution in [0.3, 0.4) is 0 Å². The molecule has 7 nitrogen and oxygen atoms in total. The molecule has 2 aromatic rings. The number of anilines is 1. The molecule has 0 aliphatic carbocycles. The first kappa shape index (κ1) is 21.5. The zero-order valence-corrected chi connectivity index (χ0v) is 16.5. The summed E-state index contributed by atoms with van der Waals surface area (Å²) >= 11 is 0. The van der Waals surface area contributed by atoms with E-state index < -0.39 is 40.4 Å². The molecule has 0 aliphatic rings. The summed E-state index contributed by atoms with van der Waals surface area (Å²) in [6.45, 7) is 2.60. The van der Waals surface area contributed by atoms with E-state index in [0.29, 0.717) is 0 Å². The summed E-state index contributed by atoms with van der Waals surface area (Å²) in [5.41, 5.74) is 1.12. The lowest BCUT2D eigenvalue weighted by atomic mass is 10.2. The molecule has 1 N–H and O–H groups in total. The lowest BCUT2D eigenvalue weighted by molar-refractivity contribution is -0.153. The Balaban J connectivity index is 1.94. The zero-order valence-electron chi connectivity index (χ0n) is 15.7. The van der Waals surface area contributed by atoms with E-state index in [4.69, 9.17) is 4.74 Å². The van der Waals surface area contributed by atoms with Gasteiger partial charge in [0.1, 0.15) is 12.4 Å². The second-order valence-corrected chi connectivity index (χ2v) is 8.25. The van der Waals surface area contributed by atoms with Crippen LogP contribution in [-0.2, 0) is 24.3 Å². The summed E-state index contributed by atoms with van der Waals surface area (Å²) in [4.78, 5) is 24.1. The Kier molecular flexibility index (Phi) is 6.87. The van der Waals surface area contributed by atoms with Gasteiger partial charge in [0.2, 0.25) is 10.0 Å². The summed E-state index contributed by atoms with van der Waals surface area (Å²) in [5.74, 6) is -2.08. The van der Waals surface area contributed by atoms with Gasteiger partial charge >= 0.3 is 5.97 Å². The van der Waals surface area contributed by atoms with Gasteiger partial charge in [-0.3, -0.25) is 9.59 Å². The highest BCUT2D eigenvalue weighted by molar-refractivity contribution is 7.89. The number of ether oxygens (including phenoxy) is 1. The highest BCUT2D eigenvalue weighted by atomic mass is 32.2. The van der Waals surface area contributed by atoms with Crippen molar-refractivity contribution >= 4 is 27.6 Å². The highest BCUT2D eigenvalue weighted by Gasteiger charge is 2.25. The van der Waals surface area contributed by atoms with Crippen LogP contribution in [0.1, 0.15) is 12.5 Å². The molecule has 0 saturated carbocycles. The van der Waals surface area contributed by atoms with Gasteiger partial charge in [-0.25, -0.2) is 12.8 Å². The van der Waals surface area contributed by atoms with E-state index in [2.05, 4.69) is 5.32 Å². The molecule has 150 valence electrons. The van der Waals surface area contributed by atoms with Crippen LogP contribution in [0.5, 0.6) is 0 Å². The third kappa shape index (κ3) is 5.61. The van der Waals surface area contributed by atoms with E-state index in [1.54, 1.807) is 12.1 Å². The lowest BCUT2D eigenvalue weighted by Crippen LogP contribution is -2.37. The third-order valence-electron chi connectivity index (χ3n) is 3.85. The van der Waals surface area contributed by atoms with Crippen LogP contribution in [0.4, 0.5) is 10.1 Å². The molecule has 2 aromatic carbocycles. The number of carbonyl (C=O) groups excluding carboxylic acids is 2. The Bertz CT molecular complexity index is 961. The predicted molar refractivity (Wildman–Crippen MR) is 102 cm³/mol. The smallest absolute Gasteiger partial charge is 0.322 e. The zero-order chi connectivity index (χ0) is 20.9. The van der Waals surface area contributed by atoms with E-state index in [1.165, 1.54) is 44.3 Å².